The predicted octanol–water partition coefficient (Wildman–Crippen LogP) is 4.51. The average Bonchev–Trinajstić information content (AvgIpc) is 2.86. The lowest BCUT2D eigenvalue weighted by Crippen LogP contribution is -2.41. The van der Waals surface area contributed by atoms with Crippen LogP contribution in [0.2, 0.25) is 0 Å². The number of para-hydroxylation sites is 2. The third-order valence-corrected chi connectivity index (χ3v) is 5.33. The molecule has 1 N–H and O–H groups in total. The van der Waals surface area contributed by atoms with Crippen LogP contribution in [0, 0.1) is 0 Å². The van der Waals surface area contributed by atoms with Gasteiger partial charge in [0.1, 0.15) is 0 Å². The molecule has 0 aromatic heterocycles. The Morgan fingerprint density at radius 1 is 1.07 bits per heavy atom. The van der Waals surface area contributed by atoms with Gasteiger partial charge < -0.3 is 15.0 Å². The summed E-state index contributed by atoms with van der Waals surface area (Å²) in [5, 5.41) is 3.11. The van der Waals surface area contributed by atoms with Gasteiger partial charge in [0, 0.05) is 31.7 Å². The van der Waals surface area contributed by atoms with Crippen LogP contribution in [0.25, 0.3) is 0 Å². The molecule has 150 valence electrons. The fraction of sp³-hybridized carbons (Fsp3) is 0.435. The summed E-state index contributed by atoms with van der Waals surface area (Å²) in [6, 6.07) is 16.1. The first-order valence-electron chi connectivity index (χ1n) is 10.3. The van der Waals surface area contributed by atoms with Gasteiger partial charge >= 0.3 is 6.03 Å². The van der Waals surface area contributed by atoms with Crippen LogP contribution in [0.1, 0.15) is 38.0 Å². The van der Waals surface area contributed by atoms with Crippen molar-refractivity contribution in [1.82, 2.24) is 10.2 Å². The van der Waals surface area contributed by atoms with Gasteiger partial charge in [0.2, 0.25) is 0 Å². The molecule has 0 aliphatic carbocycles. The predicted molar refractivity (Wildman–Crippen MR) is 114 cm³/mol. The minimum Gasteiger partial charge on any atom is -0.373 e. The number of hydrogen-bond donors (Lipinski definition) is 1. The van der Waals surface area contributed by atoms with Crippen LogP contribution in [0.15, 0.2) is 48.5 Å². The molecule has 2 aromatic rings. The number of carbonyl (C=O) groups excluding carboxylic acids is 1. The Morgan fingerprint density at radius 2 is 1.75 bits per heavy atom. The van der Waals surface area contributed by atoms with Crippen LogP contribution in [-0.4, -0.2) is 43.7 Å². The number of urea groups is 1. The summed E-state index contributed by atoms with van der Waals surface area (Å²) in [5.74, 6) is 0. The molecule has 1 heterocycles. The van der Waals surface area contributed by atoms with Gasteiger partial charge in [-0.2, -0.15) is 0 Å². The van der Waals surface area contributed by atoms with Crippen LogP contribution in [0.4, 0.5) is 16.2 Å². The molecule has 3 rings (SSSR count). The molecule has 1 unspecified atom stereocenters. The number of hydrogen-bond acceptors (Lipinski definition) is 3. The Morgan fingerprint density at radius 3 is 2.46 bits per heavy atom. The first-order chi connectivity index (χ1) is 13.7. The fourth-order valence-electron chi connectivity index (χ4n) is 3.81. The van der Waals surface area contributed by atoms with Crippen molar-refractivity contribution in [3.05, 3.63) is 59.7 Å². The third kappa shape index (κ3) is 4.37. The van der Waals surface area contributed by atoms with Gasteiger partial charge in [-0.1, -0.05) is 50.2 Å². The highest BCUT2D eigenvalue weighted by molar-refractivity contribution is 6.01. The zero-order valence-electron chi connectivity index (χ0n) is 17.1. The van der Waals surface area contributed by atoms with Crippen LogP contribution in [-0.2, 0) is 11.2 Å². The van der Waals surface area contributed by atoms with E-state index >= 15 is 0 Å². The quantitative estimate of drug-likeness (QED) is 0.767. The van der Waals surface area contributed by atoms with Gasteiger partial charge in [0.25, 0.3) is 0 Å². The average molecular weight is 382 g/mol. The topological polar surface area (TPSA) is 44.8 Å². The third-order valence-electron chi connectivity index (χ3n) is 5.33. The van der Waals surface area contributed by atoms with Crippen molar-refractivity contribution in [3.8, 4) is 0 Å². The molecule has 2 amide bonds. The molecule has 1 atom stereocenters. The van der Waals surface area contributed by atoms with E-state index in [1.807, 2.05) is 48.2 Å². The molecule has 5 heteroatoms. The van der Waals surface area contributed by atoms with Crippen molar-refractivity contribution >= 4 is 17.4 Å². The highest BCUT2D eigenvalue weighted by atomic mass is 16.5. The molecule has 1 aliphatic heterocycles. The van der Waals surface area contributed by atoms with E-state index in [-0.39, 0.29) is 12.1 Å². The number of anilines is 2. The minimum absolute atomic E-state index is 0.0594. The fourth-order valence-corrected chi connectivity index (χ4v) is 3.81. The van der Waals surface area contributed by atoms with Crippen molar-refractivity contribution < 1.29 is 9.53 Å². The minimum atomic E-state index is -0.0933. The van der Waals surface area contributed by atoms with Crippen molar-refractivity contribution in [2.75, 3.05) is 37.7 Å². The van der Waals surface area contributed by atoms with Gasteiger partial charge in [0.05, 0.1) is 17.5 Å². The number of nitrogens with one attached hydrogen (secondary N) is 1. The summed E-state index contributed by atoms with van der Waals surface area (Å²) in [6.45, 7) is 10.4. The van der Waals surface area contributed by atoms with Gasteiger partial charge in [0.15, 0.2) is 0 Å². The van der Waals surface area contributed by atoms with Crippen molar-refractivity contribution in [2.24, 2.45) is 0 Å². The SMILES string of the molecule is CCOC1Cc2ccccc2N(C(=O)NCCN(CC)CC)c2ccccc21. The van der Waals surface area contributed by atoms with Crippen molar-refractivity contribution in [3.63, 3.8) is 0 Å². The molecule has 28 heavy (non-hydrogen) atoms. The zero-order chi connectivity index (χ0) is 19.9. The number of benzene rings is 2. The Kier molecular flexibility index (Phi) is 7.06. The van der Waals surface area contributed by atoms with Crippen LogP contribution < -0.4 is 10.2 Å². The summed E-state index contributed by atoms with van der Waals surface area (Å²) >= 11 is 0. The number of likely N-dealkylation sites (N-methyl/N-ethyl adjacent to an activating group) is 1. The number of carbonyl (C=O) groups is 1. The Labute approximate surface area is 168 Å². The molecule has 0 spiro atoms. The second kappa shape index (κ2) is 9.71. The van der Waals surface area contributed by atoms with Gasteiger partial charge in [-0.05, 0) is 37.7 Å². The van der Waals surface area contributed by atoms with Crippen molar-refractivity contribution in [1.29, 1.82) is 0 Å². The van der Waals surface area contributed by atoms with E-state index in [0.717, 1.165) is 48.6 Å². The number of ether oxygens (including phenoxy) is 1. The molecule has 1 aliphatic rings. The molecule has 5 nitrogen and oxygen atoms in total. The summed E-state index contributed by atoms with van der Waals surface area (Å²) in [5.41, 5.74) is 4.00. The maximum absolute atomic E-state index is 13.3. The summed E-state index contributed by atoms with van der Waals surface area (Å²) in [4.78, 5) is 17.4. The van der Waals surface area contributed by atoms with E-state index in [2.05, 4.69) is 36.2 Å². The van der Waals surface area contributed by atoms with E-state index in [4.69, 9.17) is 4.74 Å². The first kappa shape index (κ1) is 20.4. The highest BCUT2D eigenvalue weighted by Crippen LogP contribution is 2.41. The Bertz CT molecular complexity index is 789. The lowest BCUT2D eigenvalue weighted by Gasteiger charge is -2.26. The molecule has 0 fully saturated rings. The summed E-state index contributed by atoms with van der Waals surface area (Å²) < 4.78 is 6.05. The van der Waals surface area contributed by atoms with Crippen LogP contribution in [0.3, 0.4) is 0 Å². The molecule has 0 bridgehead atoms. The lowest BCUT2D eigenvalue weighted by atomic mass is 10.0. The smallest absolute Gasteiger partial charge is 0.326 e. The summed E-state index contributed by atoms with van der Waals surface area (Å²) in [6.07, 6.45) is 0.695. The largest absolute Gasteiger partial charge is 0.373 e. The van der Waals surface area contributed by atoms with Gasteiger partial charge in [-0.3, -0.25) is 4.90 Å². The number of rotatable bonds is 7. The van der Waals surface area contributed by atoms with E-state index in [1.54, 1.807) is 0 Å². The second-order valence-corrected chi connectivity index (χ2v) is 6.93. The van der Waals surface area contributed by atoms with E-state index in [0.29, 0.717) is 13.2 Å². The molecular formula is C23H31N3O2. The van der Waals surface area contributed by atoms with E-state index in [1.165, 1.54) is 0 Å². The van der Waals surface area contributed by atoms with Crippen LogP contribution in [0.5, 0.6) is 0 Å². The normalized spacial score (nSPS) is 15.7. The Balaban J connectivity index is 1.93. The zero-order valence-corrected chi connectivity index (χ0v) is 17.1. The van der Waals surface area contributed by atoms with Crippen LogP contribution >= 0.6 is 0 Å². The van der Waals surface area contributed by atoms with Gasteiger partial charge in [-0.25, -0.2) is 4.79 Å². The number of nitrogens with zero attached hydrogens (tertiary/aromatic N) is 2. The monoisotopic (exact) mass is 381 g/mol. The molecule has 2 aromatic carbocycles. The molecule has 0 radical (unpaired) electrons. The Hall–Kier alpha value is -2.37. The van der Waals surface area contributed by atoms with Crippen molar-refractivity contribution in [2.45, 2.75) is 33.3 Å². The lowest BCUT2D eigenvalue weighted by molar-refractivity contribution is 0.0638. The highest BCUT2D eigenvalue weighted by Gasteiger charge is 2.30. The van der Waals surface area contributed by atoms with Gasteiger partial charge in [-0.15, -0.1) is 0 Å². The standard InChI is InChI=1S/C23H31N3O2/c1-4-25(5-2)16-15-24-23(27)26-20-13-9-7-11-18(20)17-22(28-6-3)19-12-8-10-14-21(19)26/h7-14,22H,4-6,15-17H2,1-3H3,(H,24,27). The molecule has 0 saturated carbocycles. The molecule has 0 saturated heterocycles. The first-order valence-corrected chi connectivity index (χ1v) is 10.3. The number of amides is 2. The van der Waals surface area contributed by atoms with E-state index in [9.17, 15) is 4.79 Å². The maximum Gasteiger partial charge on any atom is 0.326 e. The second-order valence-electron chi connectivity index (χ2n) is 6.93. The maximum atomic E-state index is 13.3. The molecular weight excluding hydrogens is 350 g/mol. The summed E-state index contributed by atoms with van der Waals surface area (Å²) in [7, 11) is 0. The number of fused-ring (bicyclic) bond motifs is 2. The van der Waals surface area contributed by atoms with E-state index < -0.39 is 0 Å².